The fourth-order valence-corrected chi connectivity index (χ4v) is 1.65. The van der Waals surface area contributed by atoms with Gasteiger partial charge in [0, 0.05) is 11.6 Å². The van der Waals surface area contributed by atoms with E-state index in [-0.39, 0.29) is 18.4 Å². The van der Waals surface area contributed by atoms with Crippen molar-refractivity contribution in [3.05, 3.63) is 29.3 Å². The summed E-state index contributed by atoms with van der Waals surface area (Å²) in [4.78, 5) is 0. The molecule has 1 aromatic rings. The molecule has 92 valence electrons. The molecule has 0 heterocycles. The fourth-order valence-electron chi connectivity index (χ4n) is 1.65. The first kappa shape index (κ1) is 15.3. The Kier molecular flexibility index (Phi) is 6.46. The molecule has 0 radical (unpaired) electrons. The molecule has 2 nitrogen and oxygen atoms in total. The molecule has 0 unspecified atom stereocenters. The number of rotatable bonds is 4. The van der Waals surface area contributed by atoms with E-state index in [1.54, 1.807) is 0 Å². The average Bonchev–Trinajstić information content (AvgIpc) is 2.18. The number of aryl methyl sites for hydroxylation is 1. The lowest BCUT2D eigenvalue weighted by Crippen LogP contribution is -2.11. The van der Waals surface area contributed by atoms with Crippen LogP contribution in [0.1, 0.15) is 43.9 Å². The molecule has 0 aliphatic carbocycles. The van der Waals surface area contributed by atoms with Gasteiger partial charge in [0.25, 0.3) is 0 Å². The SMILES string of the molecule is Cc1cccc([C@H](N)CCC(C)C)c1O.Cl. The second-order valence-electron chi connectivity index (χ2n) is 4.59. The van der Waals surface area contributed by atoms with Crippen molar-refractivity contribution >= 4 is 12.4 Å². The summed E-state index contributed by atoms with van der Waals surface area (Å²) in [6.45, 7) is 6.26. The van der Waals surface area contributed by atoms with Crippen molar-refractivity contribution in [3.8, 4) is 5.75 Å². The maximum absolute atomic E-state index is 9.85. The van der Waals surface area contributed by atoms with Gasteiger partial charge in [0.2, 0.25) is 0 Å². The topological polar surface area (TPSA) is 46.2 Å². The third-order valence-electron chi connectivity index (χ3n) is 2.72. The number of phenols is 1. The van der Waals surface area contributed by atoms with Gasteiger partial charge in [0.15, 0.2) is 0 Å². The Morgan fingerprint density at radius 2 is 1.88 bits per heavy atom. The molecule has 3 N–H and O–H groups in total. The summed E-state index contributed by atoms with van der Waals surface area (Å²) in [5, 5.41) is 9.85. The van der Waals surface area contributed by atoms with Gasteiger partial charge in [-0.05, 0) is 31.2 Å². The molecule has 0 amide bonds. The highest BCUT2D eigenvalue weighted by atomic mass is 35.5. The van der Waals surface area contributed by atoms with E-state index < -0.39 is 0 Å². The van der Waals surface area contributed by atoms with Crippen LogP contribution in [0.4, 0.5) is 0 Å². The van der Waals surface area contributed by atoms with Crippen LogP contribution >= 0.6 is 12.4 Å². The van der Waals surface area contributed by atoms with E-state index in [4.69, 9.17) is 5.73 Å². The van der Waals surface area contributed by atoms with Crippen molar-refractivity contribution in [1.29, 1.82) is 0 Å². The number of hydrogen-bond acceptors (Lipinski definition) is 2. The van der Waals surface area contributed by atoms with Crippen LogP contribution in [0.2, 0.25) is 0 Å². The normalized spacial score (nSPS) is 12.3. The Morgan fingerprint density at radius 1 is 1.25 bits per heavy atom. The zero-order valence-corrected chi connectivity index (χ0v) is 11.1. The first-order valence-electron chi connectivity index (χ1n) is 5.56. The smallest absolute Gasteiger partial charge is 0.123 e. The number of aromatic hydroxyl groups is 1. The Labute approximate surface area is 104 Å². The molecule has 1 atom stereocenters. The Balaban J connectivity index is 0.00000225. The summed E-state index contributed by atoms with van der Waals surface area (Å²) in [5.41, 5.74) is 7.82. The van der Waals surface area contributed by atoms with Gasteiger partial charge in [0.1, 0.15) is 5.75 Å². The summed E-state index contributed by atoms with van der Waals surface area (Å²) >= 11 is 0. The summed E-state index contributed by atoms with van der Waals surface area (Å²) in [6.07, 6.45) is 2.02. The molecule has 1 aromatic carbocycles. The van der Waals surface area contributed by atoms with Gasteiger partial charge in [-0.2, -0.15) is 0 Å². The van der Waals surface area contributed by atoms with Crippen LogP contribution in [0, 0.1) is 12.8 Å². The minimum absolute atomic E-state index is 0. The van der Waals surface area contributed by atoms with Crippen molar-refractivity contribution in [2.45, 2.75) is 39.7 Å². The van der Waals surface area contributed by atoms with E-state index in [1.807, 2.05) is 25.1 Å². The molecule has 3 heteroatoms. The van der Waals surface area contributed by atoms with Crippen LogP contribution in [0.25, 0.3) is 0 Å². The lowest BCUT2D eigenvalue weighted by molar-refractivity contribution is 0.445. The number of hydrogen-bond donors (Lipinski definition) is 2. The Bertz CT molecular complexity index is 326. The molecular formula is C13H22ClNO. The van der Waals surface area contributed by atoms with E-state index in [1.165, 1.54) is 0 Å². The lowest BCUT2D eigenvalue weighted by atomic mass is 9.96. The molecular weight excluding hydrogens is 222 g/mol. The van der Waals surface area contributed by atoms with Crippen LogP contribution in [0.3, 0.4) is 0 Å². The summed E-state index contributed by atoms with van der Waals surface area (Å²) in [5.74, 6) is 1.01. The van der Waals surface area contributed by atoms with Crippen LogP contribution in [-0.2, 0) is 0 Å². The molecule has 0 fully saturated rings. The Morgan fingerprint density at radius 3 is 2.44 bits per heavy atom. The zero-order valence-electron chi connectivity index (χ0n) is 10.2. The molecule has 1 rings (SSSR count). The van der Waals surface area contributed by atoms with Crippen molar-refractivity contribution in [1.82, 2.24) is 0 Å². The number of halogens is 1. The molecule has 0 aliphatic heterocycles. The molecule has 0 aromatic heterocycles. The van der Waals surface area contributed by atoms with Gasteiger partial charge in [-0.15, -0.1) is 12.4 Å². The average molecular weight is 244 g/mol. The van der Waals surface area contributed by atoms with Crippen LogP contribution < -0.4 is 5.73 Å². The molecule has 0 aliphatic rings. The monoisotopic (exact) mass is 243 g/mol. The van der Waals surface area contributed by atoms with E-state index in [9.17, 15) is 5.11 Å². The maximum Gasteiger partial charge on any atom is 0.123 e. The predicted octanol–water partition coefficient (Wildman–Crippen LogP) is 3.56. The zero-order chi connectivity index (χ0) is 11.4. The predicted molar refractivity (Wildman–Crippen MR) is 71.1 cm³/mol. The van der Waals surface area contributed by atoms with Crippen LogP contribution in [0.15, 0.2) is 18.2 Å². The minimum atomic E-state index is -0.0488. The third-order valence-corrected chi connectivity index (χ3v) is 2.72. The highest BCUT2D eigenvalue weighted by Crippen LogP contribution is 2.29. The van der Waals surface area contributed by atoms with Crippen LogP contribution in [0.5, 0.6) is 5.75 Å². The number of phenolic OH excluding ortho intramolecular Hbond substituents is 1. The Hall–Kier alpha value is -0.730. The van der Waals surface area contributed by atoms with E-state index in [2.05, 4.69) is 13.8 Å². The van der Waals surface area contributed by atoms with Gasteiger partial charge in [0.05, 0.1) is 0 Å². The maximum atomic E-state index is 9.85. The molecule has 0 saturated carbocycles. The number of para-hydroxylation sites is 1. The van der Waals surface area contributed by atoms with Crippen molar-refractivity contribution in [2.75, 3.05) is 0 Å². The standard InChI is InChI=1S/C13H21NO.ClH/c1-9(2)7-8-12(14)11-6-4-5-10(3)13(11)15;/h4-6,9,12,15H,7-8,14H2,1-3H3;1H/t12-;/m1./s1. The summed E-state index contributed by atoms with van der Waals surface area (Å²) < 4.78 is 0. The largest absolute Gasteiger partial charge is 0.507 e. The van der Waals surface area contributed by atoms with Gasteiger partial charge in [-0.1, -0.05) is 32.0 Å². The van der Waals surface area contributed by atoms with Crippen molar-refractivity contribution in [2.24, 2.45) is 11.7 Å². The molecule has 0 bridgehead atoms. The first-order chi connectivity index (χ1) is 7.02. The molecule has 0 spiro atoms. The van der Waals surface area contributed by atoms with Crippen molar-refractivity contribution < 1.29 is 5.11 Å². The van der Waals surface area contributed by atoms with Gasteiger partial charge < -0.3 is 10.8 Å². The molecule has 0 saturated heterocycles. The number of benzene rings is 1. The minimum Gasteiger partial charge on any atom is -0.507 e. The van der Waals surface area contributed by atoms with Gasteiger partial charge in [-0.25, -0.2) is 0 Å². The van der Waals surface area contributed by atoms with Gasteiger partial charge in [-0.3, -0.25) is 0 Å². The first-order valence-corrected chi connectivity index (χ1v) is 5.56. The second-order valence-corrected chi connectivity index (χ2v) is 4.59. The fraction of sp³-hybridized carbons (Fsp3) is 0.538. The molecule has 16 heavy (non-hydrogen) atoms. The van der Waals surface area contributed by atoms with E-state index >= 15 is 0 Å². The van der Waals surface area contributed by atoms with Crippen LogP contribution in [-0.4, -0.2) is 5.11 Å². The second kappa shape index (κ2) is 6.77. The third kappa shape index (κ3) is 4.03. The quantitative estimate of drug-likeness (QED) is 0.850. The van der Waals surface area contributed by atoms with Crippen molar-refractivity contribution in [3.63, 3.8) is 0 Å². The van der Waals surface area contributed by atoms with E-state index in [0.717, 1.165) is 24.0 Å². The summed E-state index contributed by atoms with van der Waals surface area (Å²) in [6, 6.07) is 5.70. The lowest BCUT2D eigenvalue weighted by Gasteiger charge is -2.15. The summed E-state index contributed by atoms with van der Waals surface area (Å²) in [7, 11) is 0. The van der Waals surface area contributed by atoms with Gasteiger partial charge >= 0.3 is 0 Å². The van der Waals surface area contributed by atoms with E-state index in [0.29, 0.717) is 11.7 Å². The highest BCUT2D eigenvalue weighted by molar-refractivity contribution is 5.85. The highest BCUT2D eigenvalue weighted by Gasteiger charge is 2.12. The number of nitrogens with two attached hydrogens (primary N) is 1.